The van der Waals surface area contributed by atoms with Gasteiger partial charge in [-0.3, -0.25) is 14.4 Å². The second-order valence-corrected chi connectivity index (χ2v) is 6.17. The van der Waals surface area contributed by atoms with Crippen LogP contribution in [0.4, 0.5) is 0 Å². The molecule has 0 saturated carbocycles. The first-order chi connectivity index (χ1) is 10.6. The summed E-state index contributed by atoms with van der Waals surface area (Å²) in [7, 11) is 0. The summed E-state index contributed by atoms with van der Waals surface area (Å²) in [5, 5.41) is 15.4. The van der Waals surface area contributed by atoms with Crippen molar-refractivity contribution in [3.8, 4) is 0 Å². The van der Waals surface area contributed by atoms with Crippen molar-refractivity contribution in [2.24, 2.45) is 5.92 Å². The van der Waals surface area contributed by atoms with Gasteiger partial charge in [0, 0.05) is 37.0 Å². The average molecular weight is 324 g/mol. The molecular weight excluding hydrogens is 304 g/mol. The molecule has 0 aliphatic carbocycles. The van der Waals surface area contributed by atoms with Crippen molar-refractivity contribution in [3.63, 3.8) is 0 Å². The van der Waals surface area contributed by atoms with Crippen LogP contribution in [-0.2, 0) is 9.59 Å². The van der Waals surface area contributed by atoms with E-state index in [9.17, 15) is 14.4 Å². The highest BCUT2D eigenvalue weighted by Gasteiger charge is 2.27. The molecule has 2 amide bonds. The van der Waals surface area contributed by atoms with E-state index in [4.69, 9.17) is 5.11 Å². The molecule has 2 rings (SSSR count). The van der Waals surface area contributed by atoms with Crippen LogP contribution in [0.5, 0.6) is 0 Å². The van der Waals surface area contributed by atoms with Gasteiger partial charge in [-0.25, -0.2) is 0 Å². The fourth-order valence-corrected chi connectivity index (χ4v) is 3.14. The number of amides is 2. The SMILES string of the molecule is O=C(NCCCC(=O)N1CCC[C@H](C(=O)O)C1)c1ccsc1. The summed E-state index contributed by atoms with van der Waals surface area (Å²) in [4.78, 5) is 36.4. The minimum absolute atomic E-state index is 0.0317. The van der Waals surface area contributed by atoms with Crippen LogP contribution in [0.25, 0.3) is 0 Å². The topological polar surface area (TPSA) is 86.7 Å². The lowest BCUT2D eigenvalue weighted by Crippen LogP contribution is -2.42. The Bertz CT molecular complexity index is 530. The quantitative estimate of drug-likeness (QED) is 0.778. The number of carboxylic acids is 1. The number of likely N-dealkylation sites (tertiary alicyclic amines) is 1. The lowest BCUT2D eigenvalue weighted by molar-refractivity contribution is -0.145. The Morgan fingerprint density at radius 1 is 1.41 bits per heavy atom. The fourth-order valence-electron chi connectivity index (χ4n) is 2.50. The Morgan fingerprint density at radius 3 is 2.91 bits per heavy atom. The monoisotopic (exact) mass is 324 g/mol. The first-order valence-corrected chi connectivity index (χ1v) is 8.33. The van der Waals surface area contributed by atoms with Gasteiger partial charge in [0.1, 0.15) is 0 Å². The molecule has 1 aromatic rings. The van der Waals surface area contributed by atoms with E-state index in [-0.39, 0.29) is 11.8 Å². The molecule has 1 fully saturated rings. The largest absolute Gasteiger partial charge is 0.481 e. The molecule has 0 spiro atoms. The number of carbonyl (C=O) groups excluding carboxylic acids is 2. The van der Waals surface area contributed by atoms with Gasteiger partial charge in [0.2, 0.25) is 5.91 Å². The van der Waals surface area contributed by atoms with Crippen molar-refractivity contribution in [2.75, 3.05) is 19.6 Å². The number of piperidine rings is 1. The molecule has 2 N–H and O–H groups in total. The molecule has 1 aliphatic rings. The van der Waals surface area contributed by atoms with Crippen LogP contribution >= 0.6 is 11.3 Å². The van der Waals surface area contributed by atoms with Crippen LogP contribution in [0.15, 0.2) is 16.8 Å². The van der Waals surface area contributed by atoms with Crippen molar-refractivity contribution < 1.29 is 19.5 Å². The predicted octanol–water partition coefficient (Wildman–Crippen LogP) is 1.58. The Kier molecular flexibility index (Phi) is 5.94. The maximum atomic E-state index is 12.1. The number of rotatable bonds is 6. The lowest BCUT2D eigenvalue weighted by Gasteiger charge is -2.30. The summed E-state index contributed by atoms with van der Waals surface area (Å²) >= 11 is 1.46. The van der Waals surface area contributed by atoms with Gasteiger partial charge in [-0.15, -0.1) is 0 Å². The van der Waals surface area contributed by atoms with Crippen LogP contribution in [0.3, 0.4) is 0 Å². The molecule has 6 nitrogen and oxygen atoms in total. The standard InChI is InChI=1S/C15H20N2O4S/c18-13(17-7-2-3-11(9-17)15(20)21)4-1-6-16-14(19)12-5-8-22-10-12/h5,8,10-11H,1-4,6-7,9H2,(H,16,19)(H,20,21)/t11-/m0/s1. The van der Waals surface area contributed by atoms with Crippen molar-refractivity contribution in [1.29, 1.82) is 0 Å². The molecule has 0 unspecified atom stereocenters. The Balaban J connectivity index is 1.67. The minimum atomic E-state index is -0.833. The highest BCUT2D eigenvalue weighted by molar-refractivity contribution is 7.08. The second-order valence-electron chi connectivity index (χ2n) is 5.39. The van der Waals surface area contributed by atoms with Gasteiger partial charge in [0.25, 0.3) is 5.91 Å². The Hall–Kier alpha value is -1.89. The number of hydrogen-bond acceptors (Lipinski definition) is 4. The van der Waals surface area contributed by atoms with Gasteiger partial charge in [-0.1, -0.05) is 0 Å². The zero-order valence-corrected chi connectivity index (χ0v) is 13.1. The molecule has 1 aromatic heterocycles. The summed E-state index contributed by atoms with van der Waals surface area (Å²) in [5.74, 6) is -1.44. The summed E-state index contributed by atoms with van der Waals surface area (Å²) < 4.78 is 0. The summed E-state index contributed by atoms with van der Waals surface area (Å²) in [6.45, 7) is 1.37. The molecule has 2 heterocycles. The van der Waals surface area contributed by atoms with Gasteiger partial charge in [0.15, 0.2) is 0 Å². The maximum absolute atomic E-state index is 12.1. The number of nitrogens with one attached hydrogen (secondary N) is 1. The molecule has 0 radical (unpaired) electrons. The Labute approximate surface area is 133 Å². The molecule has 1 saturated heterocycles. The minimum Gasteiger partial charge on any atom is -0.481 e. The third-order valence-corrected chi connectivity index (χ3v) is 4.44. The van der Waals surface area contributed by atoms with Crippen molar-refractivity contribution in [2.45, 2.75) is 25.7 Å². The van der Waals surface area contributed by atoms with Gasteiger partial charge in [-0.05, 0) is 30.7 Å². The number of carboxylic acid groups (broad SMARTS) is 1. The third-order valence-electron chi connectivity index (χ3n) is 3.76. The van der Waals surface area contributed by atoms with E-state index in [1.165, 1.54) is 11.3 Å². The summed E-state index contributed by atoms with van der Waals surface area (Å²) in [6.07, 6.45) is 2.26. The summed E-state index contributed by atoms with van der Waals surface area (Å²) in [6, 6.07) is 1.75. The first-order valence-electron chi connectivity index (χ1n) is 7.39. The molecule has 7 heteroatoms. The molecule has 22 heavy (non-hydrogen) atoms. The Morgan fingerprint density at radius 2 is 2.23 bits per heavy atom. The van der Waals surface area contributed by atoms with Crippen LogP contribution in [0.1, 0.15) is 36.0 Å². The van der Waals surface area contributed by atoms with Crippen LogP contribution in [-0.4, -0.2) is 47.4 Å². The van der Waals surface area contributed by atoms with E-state index >= 15 is 0 Å². The normalized spacial score (nSPS) is 18.0. The van der Waals surface area contributed by atoms with Gasteiger partial charge >= 0.3 is 5.97 Å². The van der Waals surface area contributed by atoms with Crippen LogP contribution in [0.2, 0.25) is 0 Å². The van der Waals surface area contributed by atoms with Gasteiger partial charge in [0.05, 0.1) is 5.92 Å². The van der Waals surface area contributed by atoms with Gasteiger partial charge < -0.3 is 15.3 Å². The maximum Gasteiger partial charge on any atom is 0.308 e. The van der Waals surface area contributed by atoms with E-state index in [1.54, 1.807) is 16.3 Å². The molecule has 0 aromatic carbocycles. The van der Waals surface area contributed by atoms with Gasteiger partial charge in [-0.2, -0.15) is 11.3 Å². The molecule has 120 valence electrons. The smallest absolute Gasteiger partial charge is 0.308 e. The number of carbonyl (C=O) groups is 3. The van der Waals surface area contributed by atoms with E-state index < -0.39 is 11.9 Å². The zero-order chi connectivity index (χ0) is 15.9. The second kappa shape index (κ2) is 7.93. The van der Waals surface area contributed by atoms with E-state index in [0.29, 0.717) is 44.5 Å². The van der Waals surface area contributed by atoms with Crippen LogP contribution in [0, 0.1) is 5.92 Å². The number of thiophene rings is 1. The van der Waals surface area contributed by atoms with E-state index in [2.05, 4.69) is 5.32 Å². The fraction of sp³-hybridized carbons (Fsp3) is 0.533. The summed E-state index contributed by atoms with van der Waals surface area (Å²) in [5.41, 5.74) is 0.636. The molecule has 1 aliphatic heterocycles. The van der Waals surface area contributed by atoms with Crippen molar-refractivity contribution in [3.05, 3.63) is 22.4 Å². The third kappa shape index (κ3) is 4.56. The van der Waals surface area contributed by atoms with E-state index in [0.717, 1.165) is 6.42 Å². The molecule has 0 bridgehead atoms. The zero-order valence-electron chi connectivity index (χ0n) is 12.3. The number of nitrogens with zero attached hydrogens (tertiary/aromatic N) is 1. The average Bonchev–Trinajstić information content (AvgIpc) is 3.05. The number of hydrogen-bond donors (Lipinski definition) is 2. The number of aliphatic carboxylic acids is 1. The lowest BCUT2D eigenvalue weighted by atomic mass is 9.98. The first kappa shape index (κ1) is 16.5. The van der Waals surface area contributed by atoms with E-state index in [1.807, 2.05) is 5.38 Å². The van der Waals surface area contributed by atoms with Crippen molar-refractivity contribution >= 4 is 29.1 Å². The molecule has 1 atom stereocenters. The predicted molar refractivity (Wildman–Crippen MR) is 82.8 cm³/mol. The van der Waals surface area contributed by atoms with Crippen LogP contribution < -0.4 is 5.32 Å². The molecular formula is C15H20N2O4S. The highest BCUT2D eigenvalue weighted by atomic mass is 32.1. The van der Waals surface area contributed by atoms with Crippen molar-refractivity contribution in [1.82, 2.24) is 10.2 Å². The highest BCUT2D eigenvalue weighted by Crippen LogP contribution is 2.17.